The Labute approximate surface area is 151 Å². The van der Waals surface area contributed by atoms with Gasteiger partial charge >= 0.3 is 0 Å². The number of carbonyl (C=O) groups is 1. The van der Waals surface area contributed by atoms with Gasteiger partial charge in [0.05, 0.1) is 17.1 Å². The number of rotatable bonds is 6. The Bertz CT molecular complexity index is 976. The van der Waals surface area contributed by atoms with Crippen LogP contribution in [0.2, 0.25) is 0 Å². The van der Waals surface area contributed by atoms with Crippen molar-refractivity contribution in [2.45, 2.75) is 46.2 Å². The van der Waals surface area contributed by atoms with Gasteiger partial charge in [0.2, 0.25) is 5.91 Å². The Morgan fingerprint density at radius 1 is 1.27 bits per heavy atom. The maximum absolute atomic E-state index is 12.4. The maximum Gasteiger partial charge on any atom is 0.296 e. The van der Waals surface area contributed by atoms with Crippen molar-refractivity contribution in [2.75, 3.05) is 0 Å². The number of aromatic nitrogens is 3. The molecule has 1 aromatic carbocycles. The molecule has 0 aliphatic heterocycles. The van der Waals surface area contributed by atoms with Gasteiger partial charge in [-0.3, -0.25) is 9.59 Å². The van der Waals surface area contributed by atoms with Crippen LogP contribution in [-0.4, -0.2) is 20.8 Å². The van der Waals surface area contributed by atoms with Gasteiger partial charge in [0, 0.05) is 13.0 Å². The smallest absolute Gasteiger partial charge is 0.296 e. The molecular formula is C19H22N4O3. The monoisotopic (exact) mass is 354 g/mol. The van der Waals surface area contributed by atoms with Crippen molar-refractivity contribution in [3.63, 3.8) is 0 Å². The van der Waals surface area contributed by atoms with Gasteiger partial charge in [-0.15, -0.1) is 0 Å². The van der Waals surface area contributed by atoms with Crippen molar-refractivity contribution in [1.29, 1.82) is 0 Å². The van der Waals surface area contributed by atoms with Gasteiger partial charge in [0.25, 0.3) is 5.56 Å². The lowest BCUT2D eigenvalue weighted by atomic mass is 10.1. The quantitative estimate of drug-likeness (QED) is 0.735. The van der Waals surface area contributed by atoms with Gasteiger partial charge in [0.1, 0.15) is 5.76 Å². The van der Waals surface area contributed by atoms with E-state index in [1.807, 2.05) is 44.2 Å². The lowest BCUT2D eigenvalue weighted by molar-refractivity contribution is -0.121. The molecule has 2 aromatic heterocycles. The number of hydrogen-bond donors (Lipinski definition) is 1. The summed E-state index contributed by atoms with van der Waals surface area (Å²) in [5, 5.41) is 11.8. The molecule has 1 N–H and O–H groups in total. The fourth-order valence-electron chi connectivity index (χ4n) is 3.02. The number of nitrogens with one attached hydrogen (secondary N) is 1. The minimum atomic E-state index is -0.291. The summed E-state index contributed by atoms with van der Waals surface area (Å²) in [6.45, 7) is 5.88. The van der Waals surface area contributed by atoms with Crippen molar-refractivity contribution < 1.29 is 9.32 Å². The third-order valence-electron chi connectivity index (χ3n) is 4.38. The molecule has 0 saturated heterocycles. The largest absolute Gasteiger partial charge is 0.360 e. The minimum Gasteiger partial charge on any atom is -0.360 e. The molecule has 2 heterocycles. The Balaban J connectivity index is 1.60. The third-order valence-corrected chi connectivity index (χ3v) is 4.38. The van der Waals surface area contributed by atoms with E-state index >= 15 is 0 Å². The lowest BCUT2D eigenvalue weighted by Crippen LogP contribution is -2.28. The van der Waals surface area contributed by atoms with Crippen LogP contribution in [0.15, 0.2) is 39.6 Å². The molecule has 136 valence electrons. The fraction of sp³-hybridized carbons (Fsp3) is 0.368. The molecule has 7 heteroatoms. The molecular weight excluding hydrogens is 332 g/mol. The van der Waals surface area contributed by atoms with Crippen LogP contribution >= 0.6 is 0 Å². The standard InChI is InChI=1S/C19H22N4O3/c1-12(15-8-5-4-6-9-15)20-16(24)10-7-11-23-19(25)18-17(13(2)21-23)14(3)26-22-18/h4-6,8-9,12H,7,10-11H2,1-3H3,(H,20,24)/t12-/m0/s1. The molecule has 7 nitrogen and oxygen atoms in total. The van der Waals surface area contributed by atoms with Crippen LogP contribution in [0.25, 0.3) is 10.9 Å². The Morgan fingerprint density at radius 2 is 2.00 bits per heavy atom. The van der Waals surface area contributed by atoms with E-state index < -0.39 is 0 Å². The third kappa shape index (κ3) is 3.66. The first kappa shape index (κ1) is 17.8. The van der Waals surface area contributed by atoms with Gasteiger partial charge < -0.3 is 9.84 Å². The first-order valence-electron chi connectivity index (χ1n) is 8.65. The Hall–Kier alpha value is -2.96. The zero-order valence-electron chi connectivity index (χ0n) is 15.2. The summed E-state index contributed by atoms with van der Waals surface area (Å²) in [4.78, 5) is 24.5. The molecule has 26 heavy (non-hydrogen) atoms. The van der Waals surface area contributed by atoms with Crippen molar-refractivity contribution in [1.82, 2.24) is 20.3 Å². The lowest BCUT2D eigenvalue weighted by Gasteiger charge is -2.14. The average molecular weight is 354 g/mol. The summed E-state index contributed by atoms with van der Waals surface area (Å²) in [7, 11) is 0. The number of carbonyl (C=O) groups excluding carboxylic acids is 1. The van der Waals surface area contributed by atoms with Crippen LogP contribution in [0.3, 0.4) is 0 Å². The van der Waals surface area contributed by atoms with Crippen LogP contribution < -0.4 is 10.9 Å². The van der Waals surface area contributed by atoms with Crippen LogP contribution in [0, 0.1) is 13.8 Å². The minimum absolute atomic E-state index is 0.0514. The van der Waals surface area contributed by atoms with Crippen LogP contribution in [0.5, 0.6) is 0 Å². The molecule has 0 unspecified atom stereocenters. The van der Waals surface area contributed by atoms with E-state index in [0.29, 0.717) is 36.2 Å². The number of aryl methyl sites for hydroxylation is 3. The number of amides is 1. The highest BCUT2D eigenvalue weighted by atomic mass is 16.5. The number of hydrogen-bond acceptors (Lipinski definition) is 5. The van der Waals surface area contributed by atoms with Gasteiger partial charge in [-0.05, 0) is 32.8 Å². The summed E-state index contributed by atoms with van der Waals surface area (Å²) in [5.41, 5.74) is 1.75. The highest BCUT2D eigenvalue weighted by Gasteiger charge is 2.15. The number of benzene rings is 1. The van der Waals surface area contributed by atoms with Crippen LogP contribution in [0.4, 0.5) is 0 Å². The van der Waals surface area contributed by atoms with Crippen LogP contribution in [-0.2, 0) is 11.3 Å². The van der Waals surface area contributed by atoms with E-state index in [2.05, 4.69) is 15.6 Å². The van der Waals surface area contributed by atoms with E-state index in [4.69, 9.17) is 4.52 Å². The van der Waals surface area contributed by atoms with Gasteiger partial charge in [-0.1, -0.05) is 35.5 Å². The Kier molecular flexibility index (Phi) is 5.16. The van der Waals surface area contributed by atoms with E-state index in [1.165, 1.54) is 4.68 Å². The molecule has 1 amide bonds. The zero-order chi connectivity index (χ0) is 18.7. The highest BCUT2D eigenvalue weighted by molar-refractivity contribution is 5.81. The van der Waals surface area contributed by atoms with E-state index in [1.54, 1.807) is 6.92 Å². The second kappa shape index (κ2) is 7.51. The summed E-state index contributed by atoms with van der Waals surface area (Å²) in [5.74, 6) is 0.535. The fourth-order valence-corrected chi connectivity index (χ4v) is 3.02. The molecule has 0 saturated carbocycles. The zero-order valence-corrected chi connectivity index (χ0v) is 15.2. The number of fused-ring (bicyclic) bond motifs is 1. The molecule has 0 bridgehead atoms. The van der Waals surface area contributed by atoms with Gasteiger partial charge in [-0.25, -0.2) is 4.68 Å². The SMILES string of the molecule is Cc1nn(CCCC(=O)N[C@@H](C)c2ccccc2)c(=O)c2noc(C)c12. The van der Waals surface area contributed by atoms with E-state index in [-0.39, 0.29) is 23.0 Å². The molecule has 0 fully saturated rings. The topological polar surface area (TPSA) is 90.0 Å². The van der Waals surface area contributed by atoms with Crippen LogP contribution in [0.1, 0.15) is 42.8 Å². The maximum atomic E-state index is 12.4. The second-order valence-corrected chi connectivity index (χ2v) is 6.38. The predicted molar refractivity (Wildman–Crippen MR) is 97.8 cm³/mol. The first-order valence-corrected chi connectivity index (χ1v) is 8.65. The Morgan fingerprint density at radius 3 is 2.73 bits per heavy atom. The summed E-state index contributed by atoms with van der Waals surface area (Å²) < 4.78 is 6.45. The van der Waals surface area contributed by atoms with E-state index in [0.717, 1.165) is 5.56 Å². The van der Waals surface area contributed by atoms with Crippen molar-refractivity contribution in [3.05, 3.63) is 57.7 Å². The summed E-state index contributed by atoms with van der Waals surface area (Å²) in [6, 6.07) is 9.73. The molecule has 3 rings (SSSR count). The molecule has 0 spiro atoms. The molecule has 3 aromatic rings. The molecule has 1 atom stereocenters. The normalized spacial score (nSPS) is 12.3. The van der Waals surface area contributed by atoms with E-state index in [9.17, 15) is 9.59 Å². The first-order chi connectivity index (χ1) is 12.5. The predicted octanol–water partition coefficient (Wildman–Crippen LogP) is 2.66. The van der Waals surface area contributed by atoms with Crippen molar-refractivity contribution >= 4 is 16.8 Å². The van der Waals surface area contributed by atoms with Gasteiger partial charge in [0.15, 0.2) is 5.52 Å². The molecule has 0 radical (unpaired) electrons. The van der Waals surface area contributed by atoms with Crippen molar-refractivity contribution in [3.8, 4) is 0 Å². The summed E-state index contributed by atoms with van der Waals surface area (Å²) in [6.07, 6.45) is 0.836. The average Bonchev–Trinajstić information content (AvgIpc) is 3.02. The number of nitrogens with zero attached hydrogens (tertiary/aromatic N) is 3. The second-order valence-electron chi connectivity index (χ2n) is 6.38. The summed E-state index contributed by atoms with van der Waals surface area (Å²) >= 11 is 0. The highest BCUT2D eigenvalue weighted by Crippen LogP contribution is 2.16. The molecule has 0 aliphatic carbocycles. The van der Waals surface area contributed by atoms with Gasteiger partial charge in [-0.2, -0.15) is 5.10 Å². The van der Waals surface area contributed by atoms with Crippen molar-refractivity contribution in [2.24, 2.45) is 0 Å². The molecule has 0 aliphatic rings.